The van der Waals surface area contributed by atoms with Crippen molar-refractivity contribution in [2.45, 2.75) is 10.8 Å². The summed E-state index contributed by atoms with van der Waals surface area (Å²) < 4.78 is -0.508. The Bertz CT molecular complexity index is 881. The third-order valence-corrected chi connectivity index (χ3v) is 6.72. The van der Waals surface area contributed by atoms with E-state index in [0.717, 1.165) is 16.7 Å². The van der Waals surface area contributed by atoms with Gasteiger partial charge in [-0.05, 0) is 16.7 Å². The van der Waals surface area contributed by atoms with Crippen molar-refractivity contribution in [3.8, 4) is 0 Å². The molecule has 1 atom stereocenters. The van der Waals surface area contributed by atoms with Gasteiger partial charge in [-0.3, -0.25) is 9.59 Å². The average molecular weight is 403 g/mol. The second kappa shape index (κ2) is 8.53. The normalized spacial score (nSPS) is 16.8. The first kappa shape index (κ1) is 19.3. The maximum atomic E-state index is 12.3. The summed E-state index contributed by atoms with van der Waals surface area (Å²) in [5.74, 6) is 0.163. The molecule has 29 heavy (non-hydrogen) atoms. The van der Waals surface area contributed by atoms with E-state index >= 15 is 0 Å². The van der Waals surface area contributed by atoms with Crippen LogP contribution >= 0.6 is 11.8 Å². The first-order valence-electron chi connectivity index (χ1n) is 9.58. The highest BCUT2D eigenvalue weighted by atomic mass is 32.2. The number of hydrogen-bond donors (Lipinski definition) is 2. The second-order valence-corrected chi connectivity index (χ2v) is 8.16. The van der Waals surface area contributed by atoms with Crippen LogP contribution in [0.1, 0.15) is 16.7 Å². The summed E-state index contributed by atoms with van der Waals surface area (Å²) in [6.45, 7) is 0.0429. The molecule has 4 rings (SSSR count). The van der Waals surface area contributed by atoms with Gasteiger partial charge in [0, 0.05) is 5.75 Å². The van der Waals surface area contributed by atoms with E-state index in [4.69, 9.17) is 0 Å². The predicted octanol–water partition coefficient (Wildman–Crippen LogP) is 3.33. The SMILES string of the molecule is O=C1CNC(=O)C(CSC(c2ccccc2)(c2ccccc2)c2ccccc2)N1. The molecule has 0 saturated carbocycles. The van der Waals surface area contributed by atoms with Crippen LogP contribution in [0.25, 0.3) is 0 Å². The van der Waals surface area contributed by atoms with Gasteiger partial charge < -0.3 is 10.6 Å². The number of rotatable bonds is 6. The van der Waals surface area contributed by atoms with Gasteiger partial charge in [-0.1, -0.05) is 91.0 Å². The number of hydrogen-bond acceptors (Lipinski definition) is 3. The summed E-state index contributed by atoms with van der Waals surface area (Å²) >= 11 is 1.67. The van der Waals surface area contributed by atoms with E-state index in [0.29, 0.717) is 5.75 Å². The number of piperazine rings is 1. The van der Waals surface area contributed by atoms with Crippen molar-refractivity contribution in [2.75, 3.05) is 12.3 Å². The van der Waals surface area contributed by atoms with E-state index in [1.807, 2.05) is 54.6 Å². The second-order valence-electron chi connectivity index (χ2n) is 6.93. The molecular weight excluding hydrogens is 380 g/mol. The zero-order valence-electron chi connectivity index (χ0n) is 15.9. The number of carbonyl (C=O) groups excluding carboxylic acids is 2. The Hall–Kier alpha value is -3.05. The molecule has 3 aromatic carbocycles. The largest absolute Gasteiger partial charge is 0.345 e. The van der Waals surface area contributed by atoms with Crippen molar-refractivity contribution in [3.63, 3.8) is 0 Å². The van der Waals surface area contributed by atoms with Crippen LogP contribution in [0.15, 0.2) is 91.0 Å². The van der Waals surface area contributed by atoms with E-state index in [1.165, 1.54) is 0 Å². The Morgan fingerprint density at radius 1 is 0.759 bits per heavy atom. The molecule has 0 aliphatic carbocycles. The Labute approximate surface area is 174 Å². The summed E-state index contributed by atoms with van der Waals surface area (Å²) in [5.41, 5.74) is 3.39. The first-order chi connectivity index (χ1) is 14.2. The summed E-state index contributed by atoms with van der Waals surface area (Å²) in [5, 5.41) is 5.49. The van der Waals surface area contributed by atoms with Crippen molar-refractivity contribution in [1.29, 1.82) is 0 Å². The van der Waals surface area contributed by atoms with E-state index in [1.54, 1.807) is 11.8 Å². The van der Waals surface area contributed by atoms with Gasteiger partial charge in [-0.25, -0.2) is 0 Å². The van der Waals surface area contributed by atoms with Crippen molar-refractivity contribution >= 4 is 23.6 Å². The summed E-state index contributed by atoms with van der Waals surface area (Å²) in [6, 6.07) is 30.4. The quantitative estimate of drug-likeness (QED) is 0.622. The van der Waals surface area contributed by atoms with Gasteiger partial charge in [0.05, 0.1) is 11.3 Å². The third kappa shape index (κ3) is 3.91. The molecule has 0 radical (unpaired) electrons. The van der Waals surface area contributed by atoms with E-state index in [-0.39, 0.29) is 18.4 Å². The summed E-state index contributed by atoms with van der Waals surface area (Å²) in [6.07, 6.45) is 0. The number of nitrogens with one attached hydrogen (secondary N) is 2. The molecule has 2 N–H and O–H groups in total. The topological polar surface area (TPSA) is 58.2 Å². The molecule has 4 nitrogen and oxygen atoms in total. The van der Waals surface area contributed by atoms with Gasteiger partial charge in [-0.15, -0.1) is 11.8 Å². The van der Waals surface area contributed by atoms with Crippen LogP contribution in [0.2, 0.25) is 0 Å². The highest BCUT2D eigenvalue weighted by molar-refractivity contribution is 8.00. The smallest absolute Gasteiger partial charge is 0.243 e. The van der Waals surface area contributed by atoms with E-state index in [2.05, 4.69) is 47.0 Å². The minimum Gasteiger partial charge on any atom is -0.345 e. The predicted molar refractivity (Wildman–Crippen MR) is 117 cm³/mol. The summed E-state index contributed by atoms with van der Waals surface area (Å²) in [4.78, 5) is 24.1. The molecule has 0 spiro atoms. The third-order valence-electron chi connectivity index (χ3n) is 5.08. The molecular formula is C24H22N2O2S. The van der Waals surface area contributed by atoms with Crippen LogP contribution in [0.4, 0.5) is 0 Å². The fourth-order valence-corrected chi connectivity index (χ4v) is 5.26. The van der Waals surface area contributed by atoms with Gasteiger partial charge in [0.25, 0.3) is 0 Å². The monoisotopic (exact) mass is 402 g/mol. The number of amides is 2. The van der Waals surface area contributed by atoms with Gasteiger partial charge >= 0.3 is 0 Å². The molecule has 1 heterocycles. The number of thioether (sulfide) groups is 1. The molecule has 146 valence electrons. The maximum absolute atomic E-state index is 12.3. The zero-order chi connectivity index (χ0) is 20.1. The van der Waals surface area contributed by atoms with Gasteiger partial charge in [0.2, 0.25) is 11.8 Å². The Morgan fingerprint density at radius 3 is 1.66 bits per heavy atom. The van der Waals surface area contributed by atoms with Crippen LogP contribution in [0.5, 0.6) is 0 Å². The number of carbonyl (C=O) groups is 2. The van der Waals surface area contributed by atoms with Crippen LogP contribution < -0.4 is 10.6 Å². The average Bonchev–Trinajstić information content (AvgIpc) is 2.79. The van der Waals surface area contributed by atoms with Crippen LogP contribution in [-0.4, -0.2) is 30.2 Å². The zero-order valence-corrected chi connectivity index (χ0v) is 16.7. The Balaban J connectivity index is 1.81. The molecule has 3 aromatic rings. The lowest BCUT2D eigenvalue weighted by molar-refractivity contribution is -0.133. The Morgan fingerprint density at radius 2 is 1.21 bits per heavy atom. The lowest BCUT2D eigenvalue weighted by atomic mass is 9.84. The van der Waals surface area contributed by atoms with Gasteiger partial charge in [0.1, 0.15) is 6.04 Å². The van der Waals surface area contributed by atoms with E-state index < -0.39 is 10.8 Å². The van der Waals surface area contributed by atoms with Gasteiger partial charge in [-0.2, -0.15) is 0 Å². The summed E-state index contributed by atoms with van der Waals surface area (Å²) in [7, 11) is 0. The molecule has 1 aliphatic heterocycles. The fourth-order valence-electron chi connectivity index (χ4n) is 3.70. The molecule has 1 fully saturated rings. The fraction of sp³-hybridized carbons (Fsp3) is 0.167. The number of benzene rings is 3. The molecule has 5 heteroatoms. The molecule has 1 unspecified atom stereocenters. The first-order valence-corrected chi connectivity index (χ1v) is 10.6. The van der Waals surface area contributed by atoms with Crippen molar-refractivity contribution in [1.82, 2.24) is 10.6 Å². The highest BCUT2D eigenvalue weighted by Gasteiger charge is 2.39. The van der Waals surface area contributed by atoms with Crippen molar-refractivity contribution < 1.29 is 9.59 Å². The van der Waals surface area contributed by atoms with Gasteiger partial charge in [0.15, 0.2) is 0 Å². The lowest BCUT2D eigenvalue weighted by Crippen LogP contribution is -2.57. The standard InChI is InChI=1S/C24H22N2O2S/c27-22-16-25-23(28)21(26-22)17-29-24(18-10-4-1-5-11-18,19-12-6-2-7-13-19)20-14-8-3-9-15-20/h1-15,21H,16-17H2,(H,25,28)(H,26,27). The molecule has 1 aliphatic rings. The molecule has 0 aromatic heterocycles. The van der Waals surface area contributed by atoms with Crippen LogP contribution in [0, 0.1) is 0 Å². The molecule has 0 bridgehead atoms. The minimum absolute atomic E-state index is 0.0429. The lowest BCUT2D eigenvalue weighted by Gasteiger charge is -2.37. The minimum atomic E-state index is -0.559. The molecule has 2 amide bonds. The van der Waals surface area contributed by atoms with E-state index in [9.17, 15) is 9.59 Å². The molecule has 1 saturated heterocycles. The maximum Gasteiger partial charge on any atom is 0.243 e. The van der Waals surface area contributed by atoms with Crippen molar-refractivity contribution in [2.24, 2.45) is 0 Å². The van der Waals surface area contributed by atoms with Crippen LogP contribution in [-0.2, 0) is 14.3 Å². The Kier molecular flexibility index (Phi) is 5.67. The van der Waals surface area contributed by atoms with Crippen LogP contribution in [0.3, 0.4) is 0 Å². The van der Waals surface area contributed by atoms with Crippen molar-refractivity contribution in [3.05, 3.63) is 108 Å². The highest BCUT2D eigenvalue weighted by Crippen LogP contribution is 2.48.